The third-order valence-corrected chi connectivity index (χ3v) is 8.24. The molecule has 0 heterocycles. The van der Waals surface area contributed by atoms with E-state index in [4.69, 9.17) is 0 Å². The van der Waals surface area contributed by atoms with E-state index in [-0.39, 0.29) is 12.0 Å². The zero-order valence-electron chi connectivity index (χ0n) is 17.6. The zero-order chi connectivity index (χ0) is 21.1. The molecule has 5 rings (SSSR count). The average Bonchev–Trinajstić information content (AvgIpc) is 2.98. The average molecular weight is 409 g/mol. The van der Waals surface area contributed by atoms with Crippen molar-refractivity contribution in [2.24, 2.45) is 11.3 Å². The van der Waals surface area contributed by atoms with Gasteiger partial charge in [-0.25, -0.2) is 0 Å². The summed E-state index contributed by atoms with van der Waals surface area (Å²) in [7, 11) is 0. The predicted octanol–water partition coefficient (Wildman–Crippen LogP) is 3.65. The number of rotatable bonds is 2. The van der Waals surface area contributed by atoms with Crippen molar-refractivity contribution in [3.8, 4) is 0 Å². The topological polar surface area (TPSA) is 80.9 Å². The second kappa shape index (κ2) is 7.16. The largest absolute Gasteiger partial charge is 0.393 e. The summed E-state index contributed by atoms with van der Waals surface area (Å²) < 4.78 is 0. The molecule has 0 amide bonds. The number of hydrogen-bond acceptors (Lipinski definition) is 4. The Morgan fingerprint density at radius 2 is 1.87 bits per heavy atom. The quantitative estimate of drug-likeness (QED) is 0.602. The van der Waals surface area contributed by atoms with Crippen LogP contribution in [0.5, 0.6) is 0 Å². The van der Waals surface area contributed by atoms with Crippen LogP contribution in [0.1, 0.15) is 63.0 Å². The Labute approximate surface area is 178 Å². The van der Waals surface area contributed by atoms with E-state index in [1.54, 1.807) is 0 Å². The van der Waals surface area contributed by atoms with Gasteiger partial charge >= 0.3 is 0 Å². The van der Waals surface area contributed by atoms with Crippen LogP contribution < -0.4 is 0 Å². The van der Waals surface area contributed by atoms with Crippen molar-refractivity contribution >= 4 is 5.57 Å². The highest BCUT2D eigenvalue weighted by atomic mass is 16.3. The molecule has 0 spiro atoms. The number of benzene rings is 1. The summed E-state index contributed by atoms with van der Waals surface area (Å²) in [6.07, 6.45) is 8.21. The second-order valence-corrected chi connectivity index (χ2v) is 9.98. The Hall–Kier alpha value is -1.72. The van der Waals surface area contributed by atoms with Gasteiger partial charge in [0, 0.05) is 5.41 Å². The number of hydrogen-bond donors (Lipinski definition) is 4. The van der Waals surface area contributed by atoms with Crippen LogP contribution in [-0.4, -0.2) is 38.2 Å². The Kier molecular flexibility index (Phi) is 4.82. The van der Waals surface area contributed by atoms with Crippen LogP contribution in [-0.2, 0) is 6.61 Å². The predicted molar refractivity (Wildman–Crippen MR) is 116 cm³/mol. The Balaban J connectivity index is 1.51. The third-order valence-electron chi connectivity index (χ3n) is 8.24. The summed E-state index contributed by atoms with van der Waals surface area (Å²) in [5, 5.41) is 42.0. The first-order valence-electron chi connectivity index (χ1n) is 11.3. The van der Waals surface area contributed by atoms with Crippen molar-refractivity contribution in [3.63, 3.8) is 0 Å². The Morgan fingerprint density at radius 1 is 1.10 bits per heavy atom. The zero-order valence-corrected chi connectivity index (χ0v) is 17.6. The van der Waals surface area contributed by atoms with Crippen molar-refractivity contribution in [2.75, 3.05) is 0 Å². The van der Waals surface area contributed by atoms with Gasteiger partial charge in [0.2, 0.25) is 0 Å². The van der Waals surface area contributed by atoms with Crippen molar-refractivity contribution in [1.82, 2.24) is 0 Å². The van der Waals surface area contributed by atoms with E-state index in [0.29, 0.717) is 38.0 Å². The third kappa shape index (κ3) is 3.04. The summed E-state index contributed by atoms with van der Waals surface area (Å²) in [5.41, 5.74) is 5.54. The first-order chi connectivity index (χ1) is 14.3. The maximum absolute atomic E-state index is 11.3. The molecule has 4 aliphatic rings. The highest BCUT2D eigenvalue weighted by Crippen LogP contribution is 2.60. The molecule has 160 valence electrons. The molecule has 0 radical (unpaired) electrons. The van der Waals surface area contributed by atoms with Gasteiger partial charge < -0.3 is 20.4 Å². The lowest BCUT2D eigenvalue weighted by Crippen LogP contribution is -2.38. The van der Waals surface area contributed by atoms with Crippen molar-refractivity contribution < 1.29 is 20.4 Å². The van der Waals surface area contributed by atoms with Crippen LogP contribution in [0.2, 0.25) is 0 Å². The van der Waals surface area contributed by atoms with E-state index >= 15 is 0 Å². The fourth-order valence-electron chi connectivity index (χ4n) is 6.49. The molecular formula is C26H32O4. The minimum atomic E-state index is -0.846. The van der Waals surface area contributed by atoms with Gasteiger partial charge in [0.05, 0.1) is 24.4 Å². The van der Waals surface area contributed by atoms with Gasteiger partial charge in [0.25, 0.3) is 0 Å². The van der Waals surface area contributed by atoms with Gasteiger partial charge in [-0.1, -0.05) is 48.9 Å². The standard InChI is InChI=1S/C26H32O4/c1-25-14-24(29)21-13-18-12-19(28)8-10-26(18,30)11-9-20(21)23(25)7-6-22(25)17-4-2-16(15-27)3-5-17/h2-6,13,19,23-24,27-30H,7-12,14-15H2,1H3/t19?,23?,24?,25?,26-/m0/s1. The van der Waals surface area contributed by atoms with Gasteiger partial charge in [0.1, 0.15) is 0 Å². The molecule has 0 aromatic heterocycles. The lowest BCUT2D eigenvalue weighted by Gasteiger charge is -2.43. The monoisotopic (exact) mass is 408 g/mol. The van der Waals surface area contributed by atoms with E-state index in [0.717, 1.165) is 35.1 Å². The Bertz CT molecular complexity index is 940. The molecule has 0 aliphatic heterocycles. The van der Waals surface area contributed by atoms with Gasteiger partial charge in [-0.2, -0.15) is 0 Å². The van der Waals surface area contributed by atoms with Crippen LogP contribution in [0.4, 0.5) is 0 Å². The molecule has 30 heavy (non-hydrogen) atoms. The highest BCUT2D eigenvalue weighted by molar-refractivity contribution is 5.74. The maximum atomic E-state index is 11.3. The van der Waals surface area contributed by atoms with E-state index < -0.39 is 17.8 Å². The van der Waals surface area contributed by atoms with Crippen LogP contribution in [0.15, 0.2) is 53.1 Å². The summed E-state index contributed by atoms with van der Waals surface area (Å²) in [6, 6.07) is 8.10. The van der Waals surface area contributed by atoms with Crippen LogP contribution in [0.3, 0.4) is 0 Å². The molecule has 5 atom stereocenters. The molecule has 1 aromatic rings. The summed E-state index contributed by atoms with van der Waals surface area (Å²) >= 11 is 0. The SMILES string of the molecule is CC12CC(O)C3=C(CC[C@@]4(O)CCC(O)CC4=C3)C1CC=C2c1ccc(CO)cc1. The summed E-state index contributed by atoms with van der Waals surface area (Å²) in [6.45, 7) is 2.31. The summed E-state index contributed by atoms with van der Waals surface area (Å²) in [5.74, 6) is 0.328. The second-order valence-electron chi connectivity index (χ2n) is 9.98. The Morgan fingerprint density at radius 3 is 2.60 bits per heavy atom. The molecule has 4 unspecified atom stereocenters. The fourth-order valence-corrected chi connectivity index (χ4v) is 6.49. The molecule has 1 aromatic carbocycles. The van der Waals surface area contributed by atoms with Crippen LogP contribution in [0, 0.1) is 11.3 Å². The van der Waals surface area contributed by atoms with Crippen molar-refractivity contribution in [1.29, 1.82) is 0 Å². The van der Waals surface area contributed by atoms with E-state index in [1.165, 1.54) is 11.1 Å². The molecule has 4 heteroatoms. The lowest BCUT2D eigenvalue weighted by molar-refractivity contribution is 0.00863. The van der Waals surface area contributed by atoms with Crippen LogP contribution in [0.25, 0.3) is 5.57 Å². The van der Waals surface area contributed by atoms with Gasteiger partial charge in [-0.05, 0) is 78.7 Å². The van der Waals surface area contributed by atoms with Crippen molar-refractivity contribution in [2.45, 2.75) is 76.3 Å². The summed E-state index contributed by atoms with van der Waals surface area (Å²) in [4.78, 5) is 0. The molecule has 0 bridgehead atoms. The molecule has 1 fully saturated rings. The van der Waals surface area contributed by atoms with Gasteiger partial charge in [-0.3, -0.25) is 0 Å². The number of allylic oxidation sites excluding steroid dienone is 3. The number of aliphatic hydroxyl groups is 4. The minimum Gasteiger partial charge on any atom is -0.393 e. The molecular weight excluding hydrogens is 376 g/mol. The maximum Gasteiger partial charge on any atom is 0.0864 e. The number of fused-ring (bicyclic) bond motifs is 3. The minimum absolute atomic E-state index is 0.0421. The van der Waals surface area contributed by atoms with E-state index in [2.05, 4.69) is 25.1 Å². The molecule has 0 saturated heterocycles. The molecule has 4 nitrogen and oxygen atoms in total. The first kappa shape index (κ1) is 20.2. The molecule has 1 saturated carbocycles. The highest BCUT2D eigenvalue weighted by Gasteiger charge is 2.50. The normalized spacial score (nSPS) is 38.2. The van der Waals surface area contributed by atoms with E-state index in [9.17, 15) is 20.4 Å². The fraction of sp³-hybridized carbons (Fsp3) is 0.538. The number of aliphatic hydroxyl groups excluding tert-OH is 3. The van der Waals surface area contributed by atoms with Gasteiger partial charge in [-0.15, -0.1) is 0 Å². The molecule has 4 aliphatic carbocycles. The van der Waals surface area contributed by atoms with E-state index in [1.807, 2.05) is 18.2 Å². The smallest absolute Gasteiger partial charge is 0.0864 e. The molecule has 4 N–H and O–H groups in total. The van der Waals surface area contributed by atoms with Crippen molar-refractivity contribution in [3.05, 3.63) is 64.3 Å². The lowest BCUT2D eigenvalue weighted by atomic mass is 9.61. The van der Waals surface area contributed by atoms with Crippen LogP contribution >= 0.6 is 0 Å². The first-order valence-corrected chi connectivity index (χ1v) is 11.3. The van der Waals surface area contributed by atoms with Gasteiger partial charge in [0.15, 0.2) is 0 Å².